The summed E-state index contributed by atoms with van der Waals surface area (Å²) in [5.74, 6) is 0. The normalized spacial score (nSPS) is 48.6. The van der Waals surface area contributed by atoms with Crippen molar-refractivity contribution in [1.29, 1.82) is 0 Å². The van der Waals surface area contributed by atoms with Gasteiger partial charge in [-0.05, 0) is 0 Å². The van der Waals surface area contributed by atoms with Crippen molar-refractivity contribution in [3.05, 3.63) is 0 Å². The molecule has 0 radical (unpaired) electrons. The fourth-order valence-electron chi connectivity index (χ4n) is 2.59. The van der Waals surface area contributed by atoms with E-state index in [9.17, 15) is 0 Å². The third kappa shape index (κ3) is 3.34. The summed E-state index contributed by atoms with van der Waals surface area (Å²) in [6.07, 6.45) is 2.03. The first-order valence-electron chi connectivity index (χ1n) is 6.22. The Morgan fingerprint density at radius 1 is 0.824 bits per heavy atom. The van der Waals surface area contributed by atoms with Crippen LogP contribution in [0.3, 0.4) is 0 Å². The van der Waals surface area contributed by atoms with Gasteiger partial charge in [-0.15, -0.1) is 0 Å². The van der Waals surface area contributed by atoms with Crippen LogP contribution in [-0.4, -0.2) is 43.2 Å². The second kappa shape index (κ2) is 4.33. The van der Waals surface area contributed by atoms with Crippen molar-refractivity contribution >= 4 is 19.8 Å². The Balaban J connectivity index is 2.22. The van der Waals surface area contributed by atoms with Crippen LogP contribution in [0.5, 0.6) is 0 Å². The summed E-state index contributed by atoms with van der Waals surface area (Å²) in [5, 5.41) is 0. The van der Waals surface area contributed by atoms with Gasteiger partial charge in [-0.3, -0.25) is 0 Å². The summed E-state index contributed by atoms with van der Waals surface area (Å²) < 4.78 is 24.2. The van der Waals surface area contributed by atoms with Gasteiger partial charge in [0, 0.05) is 0 Å². The van der Waals surface area contributed by atoms with Crippen molar-refractivity contribution in [3.8, 4) is 0 Å². The van der Waals surface area contributed by atoms with Crippen LogP contribution in [0.15, 0.2) is 0 Å². The van der Waals surface area contributed by atoms with E-state index >= 15 is 0 Å². The minimum absolute atomic E-state index is 0.140. The van der Waals surface area contributed by atoms with Gasteiger partial charge in [-0.2, -0.15) is 0 Å². The molecule has 2 rings (SSSR count). The van der Waals surface area contributed by atoms with Gasteiger partial charge in [0.25, 0.3) is 0 Å². The Kier molecular flexibility index (Phi) is 3.58. The van der Waals surface area contributed by atoms with Crippen LogP contribution in [0.1, 0.15) is 54.4 Å². The van der Waals surface area contributed by atoms with Gasteiger partial charge in [0.05, 0.1) is 0 Å². The Labute approximate surface area is 110 Å². The fourth-order valence-corrected chi connectivity index (χ4v) is 9.50. The molecule has 0 aromatic carbocycles. The van der Waals surface area contributed by atoms with Crippen molar-refractivity contribution < 1.29 is 12.4 Å². The molecule has 0 N–H and O–H groups in total. The average molecular weight is 360 g/mol. The van der Waals surface area contributed by atoms with Crippen molar-refractivity contribution in [2.75, 3.05) is 0 Å². The SMILES string of the molecule is CC1CC(C)(C)O[Te]2(O1)OC(C)CC(C)(C)O2. The van der Waals surface area contributed by atoms with Gasteiger partial charge in [0.15, 0.2) is 0 Å². The Morgan fingerprint density at radius 2 is 1.18 bits per heavy atom. The molecule has 0 bridgehead atoms. The van der Waals surface area contributed by atoms with Crippen molar-refractivity contribution in [1.82, 2.24) is 0 Å². The third-order valence-corrected chi connectivity index (χ3v) is 9.74. The van der Waals surface area contributed by atoms with Gasteiger partial charge in [0.2, 0.25) is 0 Å². The minimum atomic E-state index is -3.57. The van der Waals surface area contributed by atoms with E-state index in [1.807, 2.05) is 0 Å². The van der Waals surface area contributed by atoms with Crippen LogP contribution in [0, 0.1) is 0 Å². The molecule has 2 fully saturated rings. The maximum absolute atomic E-state index is 6.10. The number of hydrogen-bond acceptors (Lipinski definition) is 4. The molecule has 0 aromatic heterocycles. The van der Waals surface area contributed by atoms with Crippen molar-refractivity contribution in [2.24, 2.45) is 0 Å². The first-order chi connectivity index (χ1) is 7.62. The Bertz CT molecular complexity index is 273. The molecule has 1 spiro atoms. The summed E-state index contributed by atoms with van der Waals surface area (Å²) in [6.45, 7) is 12.5. The van der Waals surface area contributed by atoms with E-state index in [1.54, 1.807) is 0 Å². The molecule has 5 heteroatoms. The molecule has 2 saturated heterocycles. The quantitative estimate of drug-likeness (QED) is 0.623. The first-order valence-corrected chi connectivity index (χ1v) is 10.0. The molecule has 0 aromatic rings. The van der Waals surface area contributed by atoms with Crippen LogP contribution in [0.4, 0.5) is 0 Å². The summed E-state index contributed by atoms with van der Waals surface area (Å²) in [5.41, 5.74) is -0.433. The van der Waals surface area contributed by atoms with Gasteiger partial charge >= 0.3 is 110 Å². The zero-order valence-corrected chi connectivity index (χ0v) is 13.9. The molecule has 2 atom stereocenters. The van der Waals surface area contributed by atoms with Gasteiger partial charge < -0.3 is 0 Å². The average Bonchev–Trinajstić information content (AvgIpc) is 1.90. The molecule has 102 valence electrons. The molecule has 0 aliphatic carbocycles. The van der Waals surface area contributed by atoms with Gasteiger partial charge in [0.1, 0.15) is 0 Å². The summed E-state index contributed by atoms with van der Waals surface area (Å²) in [6, 6.07) is 0. The topological polar surface area (TPSA) is 36.9 Å². The first kappa shape index (κ1) is 14.0. The second-order valence-corrected chi connectivity index (χ2v) is 10.7. The molecule has 2 aliphatic heterocycles. The molecular formula is C12H24O4Te. The molecule has 2 heterocycles. The maximum atomic E-state index is 6.10. The summed E-state index contributed by atoms with van der Waals surface area (Å²) >= 11 is -3.57. The molecule has 4 nitrogen and oxygen atoms in total. The monoisotopic (exact) mass is 362 g/mol. The summed E-state index contributed by atoms with van der Waals surface area (Å²) in [7, 11) is 0. The molecule has 0 saturated carbocycles. The number of rotatable bonds is 0. The summed E-state index contributed by atoms with van der Waals surface area (Å²) in [4.78, 5) is 0. The van der Waals surface area contributed by atoms with Crippen LogP contribution in [0.25, 0.3) is 0 Å². The molecule has 0 amide bonds. The van der Waals surface area contributed by atoms with Crippen molar-refractivity contribution in [2.45, 2.75) is 77.8 Å². The van der Waals surface area contributed by atoms with Gasteiger partial charge in [-0.25, -0.2) is 0 Å². The van der Waals surface area contributed by atoms with E-state index in [1.165, 1.54) is 0 Å². The molecule has 2 unspecified atom stereocenters. The van der Waals surface area contributed by atoms with Crippen LogP contribution in [-0.2, 0) is 12.4 Å². The van der Waals surface area contributed by atoms with Crippen molar-refractivity contribution in [3.63, 3.8) is 0 Å². The standard InChI is InChI=1S/C12H24O4Te/c1-9-7-11(3,4)15-17(13-9)14-10(2)8-12(5,6)16-17/h9-10H,7-8H2,1-6H3. The molecule has 2 aliphatic rings. The predicted molar refractivity (Wildman–Crippen MR) is 66.4 cm³/mol. The molecular weight excluding hydrogens is 336 g/mol. The van der Waals surface area contributed by atoms with E-state index in [4.69, 9.17) is 12.4 Å². The van der Waals surface area contributed by atoms with E-state index in [0.29, 0.717) is 0 Å². The van der Waals surface area contributed by atoms with Crippen LogP contribution in [0.2, 0.25) is 0 Å². The second-order valence-electron chi connectivity index (χ2n) is 6.32. The van der Waals surface area contributed by atoms with E-state index < -0.39 is 19.8 Å². The fraction of sp³-hybridized carbons (Fsp3) is 1.00. The predicted octanol–water partition coefficient (Wildman–Crippen LogP) is 2.63. The van der Waals surface area contributed by atoms with Crippen LogP contribution >= 0.6 is 0 Å². The Hall–Kier alpha value is 0.630. The van der Waals surface area contributed by atoms with E-state index in [0.717, 1.165) is 12.8 Å². The number of hydrogen-bond donors (Lipinski definition) is 0. The van der Waals surface area contributed by atoms with Gasteiger partial charge in [-0.1, -0.05) is 0 Å². The van der Waals surface area contributed by atoms with E-state index in [-0.39, 0.29) is 23.4 Å². The Morgan fingerprint density at radius 3 is 1.47 bits per heavy atom. The third-order valence-electron chi connectivity index (χ3n) is 2.78. The van der Waals surface area contributed by atoms with E-state index in [2.05, 4.69) is 41.5 Å². The van der Waals surface area contributed by atoms with Crippen LogP contribution < -0.4 is 0 Å². The zero-order chi connectivity index (χ0) is 12.9. The molecule has 17 heavy (non-hydrogen) atoms. The zero-order valence-electron chi connectivity index (χ0n) is 11.6.